The molecule has 0 unspecified atom stereocenters. The van der Waals surface area contributed by atoms with E-state index in [9.17, 15) is 18.0 Å². The fourth-order valence-corrected chi connectivity index (χ4v) is 3.36. The van der Waals surface area contributed by atoms with Crippen LogP contribution in [-0.4, -0.2) is 38.4 Å². The Morgan fingerprint density at radius 2 is 1.70 bits per heavy atom. The third kappa shape index (κ3) is 5.46. The van der Waals surface area contributed by atoms with Gasteiger partial charge in [-0.15, -0.1) is 10.2 Å². The molecular formula is C23H20F3N5O2. The van der Waals surface area contributed by atoms with Gasteiger partial charge in [0.15, 0.2) is 0 Å². The first-order valence-corrected chi connectivity index (χ1v) is 10.2. The van der Waals surface area contributed by atoms with Crippen molar-refractivity contribution >= 4 is 0 Å². The molecule has 0 aliphatic carbocycles. The molecular weight excluding hydrogens is 435 g/mol. The van der Waals surface area contributed by atoms with Crippen molar-refractivity contribution in [1.29, 1.82) is 0 Å². The third-order valence-electron chi connectivity index (χ3n) is 5.00. The maximum Gasteiger partial charge on any atom is 0.389 e. The molecule has 0 aliphatic heterocycles. The number of aryl methyl sites for hydroxylation is 1. The van der Waals surface area contributed by atoms with E-state index in [0.717, 1.165) is 11.1 Å². The fourth-order valence-electron chi connectivity index (χ4n) is 3.36. The van der Waals surface area contributed by atoms with Gasteiger partial charge < -0.3 is 9.72 Å². The summed E-state index contributed by atoms with van der Waals surface area (Å²) < 4.78 is 42.1. The summed E-state index contributed by atoms with van der Waals surface area (Å²) in [5.74, 6) is 0.631. The van der Waals surface area contributed by atoms with Crippen molar-refractivity contribution < 1.29 is 17.9 Å². The topological polar surface area (TPSA) is 96.5 Å². The molecule has 0 atom stereocenters. The molecule has 10 heteroatoms. The quantitative estimate of drug-likeness (QED) is 0.386. The van der Waals surface area contributed by atoms with Crippen LogP contribution in [-0.2, 0) is 0 Å². The van der Waals surface area contributed by atoms with Gasteiger partial charge in [-0.3, -0.25) is 4.79 Å². The summed E-state index contributed by atoms with van der Waals surface area (Å²) in [7, 11) is 0. The molecule has 0 saturated carbocycles. The SMILES string of the molecule is Cc1ccc(-c2cc(-c3ccc(OCCCC(F)(F)F)cc3)[nH]c(=O)c2-c2nn[nH]n2)cc1. The van der Waals surface area contributed by atoms with Crippen LogP contribution < -0.4 is 10.3 Å². The Bertz CT molecular complexity index is 1270. The van der Waals surface area contributed by atoms with Crippen LogP contribution in [0.3, 0.4) is 0 Å². The zero-order valence-electron chi connectivity index (χ0n) is 17.6. The molecule has 2 heterocycles. The number of nitrogens with zero attached hydrogens (tertiary/aromatic N) is 3. The lowest BCUT2D eigenvalue weighted by Crippen LogP contribution is -2.12. The van der Waals surface area contributed by atoms with Crippen LogP contribution in [0.1, 0.15) is 18.4 Å². The number of hydrogen-bond donors (Lipinski definition) is 2. The molecule has 4 rings (SSSR count). The molecule has 0 radical (unpaired) electrons. The lowest BCUT2D eigenvalue weighted by atomic mass is 9.97. The summed E-state index contributed by atoms with van der Waals surface area (Å²) >= 11 is 0. The number of pyridine rings is 1. The summed E-state index contributed by atoms with van der Waals surface area (Å²) in [5.41, 5.74) is 3.72. The summed E-state index contributed by atoms with van der Waals surface area (Å²) in [5, 5.41) is 13.8. The highest BCUT2D eigenvalue weighted by atomic mass is 19.4. The van der Waals surface area contributed by atoms with E-state index in [1.54, 1.807) is 24.3 Å². The van der Waals surface area contributed by atoms with Gasteiger partial charge in [0.1, 0.15) is 5.75 Å². The molecule has 7 nitrogen and oxygen atoms in total. The van der Waals surface area contributed by atoms with Crippen molar-refractivity contribution in [2.24, 2.45) is 0 Å². The number of aromatic amines is 2. The van der Waals surface area contributed by atoms with E-state index in [-0.39, 0.29) is 24.4 Å². The predicted molar refractivity (Wildman–Crippen MR) is 117 cm³/mol. The van der Waals surface area contributed by atoms with E-state index in [2.05, 4.69) is 25.6 Å². The molecule has 2 aromatic heterocycles. The molecule has 2 N–H and O–H groups in total. The smallest absolute Gasteiger partial charge is 0.389 e. The third-order valence-corrected chi connectivity index (χ3v) is 5.00. The average molecular weight is 455 g/mol. The molecule has 0 fully saturated rings. The second-order valence-corrected chi connectivity index (χ2v) is 7.49. The first-order valence-electron chi connectivity index (χ1n) is 10.2. The number of nitrogens with one attached hydrogen (secondary N) is 2. The van der Waals surface area contributed by atoms with Crippen molar-refractivity contribution in [2.75, 3.05) is 6.61 Å². The van der Waals surface area contributed by atoms with Crippen molar-refractivity contribution in [1.82, 2.24) is 25.6 Å². The Labute approximate surface area is 186 Å². The minimum absolute atomic E-state index is 0.0351. The van der Waals surface area contributed by atoms with Gasteiger partial charge in [0, 0.05) is 17.7 Å². The van der Waals surface area contributed by atoms with Gasteiger partial charge in [-0.05, 0) is 60.0 Å². The van der Waals surface area contributed by atoms with E-state index in [4.69, 9.17) is 4.74 Å². The number of aromatic nitrogens is 5. The van der Waals surface area contributed by atoms with E-state index in [1.165, 1.54) is 0 Å². The van der Waals surface area contributed by atoms with Crippen LogP contribution in [0.5, 0.6) is 5.75 Å². The molecule has 0 spiro atoms. The number of halogens is 3. The largest absolute Gasteiger partial charge is 0.494 e. The van der Waals surface area contributed by atoms with Crippen LogP contribution >= 0.6 is 0 Å². The van der Waals surface area contributed by atoms with Crippen LogP contribution in [0.25, 0.3) is 33.8 Å². The van der Waals surface area contributed by atoms with E-state index < -0.39 is 12.6 Å². The molecule has 0 aliphatic rings. The van der Waals surface area contributed by atoms with Gasteiger partial charge in [0.05, 0.1) is 12.2 Å². The second-order valence-electron chi connectivity index (χ2n) is 7.49. The van der Waals surface area contributed by atoms with Crippen molar-refractivity contribution in [3.63, 3.8) is 0 Å². The van der Waals surface area contributed by atoms with Crippen molar-refractivity contribution in [3.8, 4) is 39.5 Å². The summed E-state index contributed by atoms with van der Waals surface area (Å²) in [4.78, 5) is 15.8. The van der Waals surface area contributed by atoms with Crippen LogP contribution in [0.15, 0.2) is 59.4 Å². The minimum Gasteiger partial charge on any atom is -0.494 e. The Kier molecular flexibility index (Phi) is 6.25. The highest BCUT2D eigenvalue weighted by Gasteiger charge is 2.26. The van der Waals surface area contributed by atoms with Gasteiger partial charge in [-0.2, -0.15) is 18.4 Å². The average Bonchev–Trinajstić information content (AvgIpc) is 3.31. The lowest BCUT2D eigenvalue weighted by Gasteiger charge is -2.11. The first-order chi connectivity index (χ1) is 15.8. The maximum atomic E-state index is 13.0. The number of benzene rings is 2. The number of hydrogen-bond acceptors (Lipinski definition) is 5. The number of alkyl halides is 3. The van der Waals surface area contributed by atoms with Crippen LogP contribution in [0, 0.1) is 6.92 Å². The molecule has 0 saturated heterocycles. The molecule has 0 bridgehead atoms. The molecule has 4 aromatic rings. The highest BCUT2D eigenvalue weighted by Crippen LogP contribution is 2.31. The van der Waals surface area contributed by atoms with Crippen molar-refractivity contribution in [2.45, 2.75) is 25.9 Å². The Hall–Kier alpha value is -3.95. The zero-order valence-corrected chi connectivity index (χ0v) is 17.6. The number of H-pyrrole nitrogens is 2. The van der Waals surface area contributed by atoms with E-state index >= 15 is 0 Å². The fraction of sp³-hybridized carbons (Fsp3) is 0.217. The number of rotatable bonds is 7. The van der Waals surface area contributed by atoms with Gasteiger partial charge in [-0.25, -0.2) is 0 Å². The number of ether oxygens (including phenoxy) is 1. The Balaban J connectivity index is 1.63. The number of tetrazole rings is 1. The van der Waals surface area contributed by atoms with Gasteiger partial charge in [0.2, 0.25) is 5.82 Å². The van der Waals surface area contributed by atoms with Gasteiger partial charge in [-0.1, -0.05) is 29.8 Å². The highest BCUT2D eigenvalue weighted by molar-refractivity contribution is 5.83. The monoisotopic (exact) mass is 455 g/mol. The normalized spacial score (nSPS) is 11.5. The van der Waals surface area contributed by atoms with Crippen molar-refractivity contribution in [3.05, 3.63) is 70.5 Å². The molecule has 2 aromatic carbocycles. The Morgan fingerprint density at radius 1 is 1.00 bits per heavy atom. The Morgan fingerprint density at radius 3 is 2.33 bits per heavy atom. The van der Waals surface area contributed by atoms with Gasteiger partial charge in [0.25, 0.3) is 5.56 Å². The van der Waals surface area contributed by atoms with Crippen LogP contribution in [0.4, 0.5) is 13.2 Å². The minimum atomic E-state index is -4.19. The second kappa shape index (κ2) is 9.27. The maximum absolute atomic E-state index is 13.0. The zero-order chi connectivity index (χ0) is 23.4. The molecule has 170 valence electrons. The molecule has 0 amide bonds. The first kappa shape index (κ1) is 22.3. The summed E-state index contributed by atoms with van der Waals surface area (Å²) in [6.45, 7) is 1.94. The lowest BCUT2D eigenvalue weighted by molar-refractivity contribution is -0.136. The summed E-state index contributed by atoms with van der Waals surface area (Å²) in [6, 6.07) is 16.3. The standard InChI is InChI=1S/C23H20F3N5O2/c1-14-3-5-15(6-4-14)18-13-19(27-22(32)20(18)21-28-30-31-29-21)16-7-9-17(10-8-16)33-12-2-11-23(24,25)26/h3-10,13H,2,11-12H2,1H3,(H,27,32)(H,28,29,30,31). The predicted octanol–water partition coefficient (Wildman–Crippen LogP) is 4.92. The molecule has 33 heavy (non-hydrogen) atoms. The summed E-state index contributed by atoms with van der Waals surface area (Å²) in [6.07, 6.45) is -5.20. The van der Waals surface area contributed by atoms with Crippen LogP contribution in [0.2, 0.25) is 0 Å². The van der Waals surface area contributed by atoms with E-state index in [0.29, 0.717) is 28.1 Å². The van der Waals surface area contributed by atoms with Gasteiger partial charge >= 0.3 is 6.18 Å². The van der Waals surface area contributed by atoms with E-state index in [1.807, 2.05) is 37.3 Å².